The van der Waals surface area contributed by atoms with Crippen LogP contribution in [0, 0.1) is 0 Å². The first-order valence-electron chi connectivity index (χ1n) is 10.7. The van der Waals surface area contributed by atoms with Gasteiger partial charge >= 0.3 is 5.97 Å². The number of rotatable bonds is 8. The van der Waals surface area contributed by atoms with Crippen molar-refractivity contribution in [3.05, 3.63) is 76.7 Å². The standard InChI is InChI=1S/C23H25N3O7S/c1-14(21(27)28-2)32-33-20-18(25-26-24)23(34-16-11-7-4-8-12-16)30-17-13-29-22(31-19(17)20)15-9-5-3-6-10-15/h3-12,14,17-20,22-23H,13H2,1-2H3/t14-,17-,18-,19-,20-,22?,23-/m1/s1. The molecule has 0 saturated carbocycles. The number of benzene rings is 2. The van der Waals surface area contributed by atoms with Gasteiger partial charge in [0, 0.05) is 15.4 Å². The average Bonchev–Trinajstić information content (AvgIpc) is 2.88. The number of thioether (sulfide) groups is 1. The highest BCUT2D eigenvalue weighted by molar-refractivity contribution is 7.99. The molecule has 2 aromatic rings. The molecule has 2 saturated heterocycles. The first kappa shape index (κ1) is 24.5. The van der Waals surface area contributed by atoms with Crippen LogP contribution in [0.25, 0.3) is 10.4 Å². The van der Waals surface area contributed by atoms with Gasteiger partial charge in [-0.3, -0.25) is 0 Å². The SMILES string of the molecule is COC(=O)[C@@H](C)OO[C@@H]1[C@@H](N=[N+]=[N-])[C@@H](Sc2ccccc2)O[C@@H]2COC(c3ccccc3)O[C@@H]12. The number of azide groups is 1. The summed E-state index contributed by atoms with van der Waals surface area (Å²) in [7, 11) is 1.26. The predicted octanol–water partition coefficient (Wildman–Crippen LogP) is 4.18. The highest BCUT2D eigenvalue weighted by Crippen LogP contribution is 2.41. The molecule has 2 heterocycles. The molecule has 180 valence electrons. The van der Waals surface area contributed by atoms with E-state index < -0.39 is 48.2 Å². The Kier molecular flexibility index (Phi) is 8.41. The van der Waals surface area contributed by atoms with Crippen LogP contribution >= 0.6 is 11.8 Å². The van der Waals surface area contributed by atoms with Gasteiger partial charge in [0.25, 0.3) is 0 Å². The fourth-order valence-electron chi connectivity index (χ4n) is 3.71. The van der Waals surface area contributed by atoms with Gasteiger partial charge in [0.2, 0.25) is 0 Å². The van der Waals surface area contributed by atoms with Crippen LogP contribution in [0.1, 0.15) is 18.8 Å². The lowest BCUT2D eigenvalue weighted by molar-refractivity contribution is -0.397. The van der Waals surface area contributed by atoms with E-state index in [0.29, 0.717) is 0 Å². The number of carbonyl (C=O) groups excluding carboxylic acids is 1. The van der Waals surface area contributed by atoms with Crippen molar-refractivity contribution in [2.45, 2.75) is 54.0 Å². The van der Waals surface area contributed by atoms with Gasteiger partial charge in [0.05, 0.1) is 13.7 Å². The molecule has 34 heavy (non-hydrogen) atoms. The second-order valence-electron chi connectivity index (χ2n) is 7.67. The molecule has 10 nitrogen and oxygen atoms in total. The lowest BCUT2D eigenvalue weighted by Crippen LogP contribution is -2.61. The highest BCUT2D eigenvalue weighted by atomic mass is 32.2. The predicted molar refractivity (Wildman–Crippen MR) is 121 cm³/mol. The Hall–Kier alpha value is -2.63. The zero-order chi connectivity index (χ0) is 23.9. The normalized spacial score (nSPS) is 29.4. The Morgan fingerprint density at radius 2 is 1.85 bits per heavy atom. The lowest BCUT2D eigenvalue weighted by atomic mass is 9.97. The summed E-state index contributed by atoms with van der Waals surface area (Å²) in [5.74, 6) is -0.603. The maximum atomic E-state index is 11.8. The Morgan fingerprint density at radius 3 is 2.53 bits per heavy atom. The van der Waals surface area contributed by atoms with Crippen LogP contribution in [-0.2, 0) is 33.5 Å². The molecular formula is C23H25N3O7S. The quantitative estimate of drug-likeness (QED) is 0.136. The van der Waals surface area contributed by atoms with E-state index in [0.717, 1.165) is 10.5 Å². The number of nitrogens with zero attached hydrogens (tertiary/aromatic N) is 3. The summed E-state index contributed by atoms with van der Waals surface area (Å²) in [4.78, 5) is 26.8. The van der Waals surface area contributed by atoms with Crippen molar-refractivity contribution in [3.63, 3.8) is 0 Å². The van der Waals surface area contributed by atoms with Crippen LogP contribution in [0.2, 0.25) is 0 Å². The van der Waals surface area contributed by atoms with Crippen molar-refractivity contribution in [3.8, 4) is 0 Å². The third kappa shape index (κ3) is 5.70. The van der Waals surface area contributed by atoms with Crippen molar-refractivity contribution < 1.29 is 33.5 Å². The second kappa shape index (κ2) is 11.7. The summed E-state index contributed by atoms with van der Waals surface area (Å²) in [5, 5.41) is 3.97. The molecule has 2 aliphatic rings. The molecule has 0 bridgehead atoms. The molecule has 0 amide bonds. The van der Waals surface area contributed by atoms with Crippen molar-refractivity contribution in [2.24, 2.45) is 5.11 Å². The lowest BCUT2D eigenvalue weighted by Gasteiger charge is -2.47. The molecule has 0 N–H and O–H groups in total. The maximum Gasteiger partial charge on any atom is 0.338 e. The summed E-state index contributed by atoms with van der Waals surface area (Å²) in [6.07, 6.45) is -3.75. The molecule has 2 aliphatic heterocycles. The van der Waals surface area contributed by atoms with Gasteiger partial charge in [0.15, 0.2) is 12.4 Å². The van der Waals surface area contributed by atoms with Crippen LogP contribution in [0.3, 0.4) is 0 Å². The molecule has 0 spiro atoms. The number of esters is 1. The van der Waals surface area contributed by atoms with E-state index in [1.807, 2.05) is 60.7 Å². The molecule has 0 aromatic heterocycles. The molecule has 0 radical (unpaired) electrons. The minimum Gasteiger partial charge on any atom is -0.467 e. The largest absolute Gasteiger partial charge is 0.467 e. The summed E-state index contributed by atoms with van der Waals surface area (Å²) >= 11 is 1.39. The fourth-order valence-corrected chi connectivity index (χ4v) is 4.84. The van der Waals surface area contributed by atoms with Crippen LogP contribution in [-0.4, -0.2) is 55.6 Å². The van der Waals surface area contributed by atoms with Gasteiger partial charge in [-0.25, -0.2) is 14.6 Å². The molecule has 1 unspecified atom stereocenters. The van der Waals surface area contributed by atoms with Gasteiger partial charge in [-0.2, -0.15) is 0 Å². The van der Waals surface area contributed by atoms with E-state index in [1.165, 1.54) is 25.8 Å². The number of carbonyl (C=O) groups is 1. The third-order valence-electron chi connectivity index (χ3n) is 5.40. The highest BCUT2D eigenvalue weighted by Gasteiger charge is 2.51. The molecule has 7 atom stereocenters. The van der Waals surface area contributed by atoms with E-state index in [9.17, 15) is 10.3 Å². The average molecular weight is 488 g/mol. The smallest absolute Gasteiger partial charge is 0.338 e. The molecule has 0 aliphatic carbocycles. The Morgan fingerprint density at radius 1 is 1.15 bits per heavy atom. The number of ether oxygens (including phenoxy) is 4. The van der Waals surface area contributed by atoms with Crippen LogP contribution in [0.4, 0.5) is 0 Å². The van der Waals surface area contributed by atoms with E-state index in [4.69, 9.17) is 28.7 Å². The molecule has 2 aromatic carbocycles. The first-order valence-corrected chi connectivity index (χ1v) is 11.6. The Balaban J connectivity index is 1.60. The van der Waals surface area contributed by atoms with E-state index in [-0.39, 0.29) is 6.61 Å². The van der Waals surface area contributed by atoms with E-state index >= 15 is 0 Å². The first-order chi connectivity index (χ1) is 16.6. The van der Waals surface area contributed by atoms with Gasteiger partial charge in [0.1, 0.15) is 29.8 Å². The summed E-state index contributed by atoms with van der Waals surface area (Å²) in [6.45, 7) is 1.73. The van der Waals surface area contributed by atoms with E-state index in [2.05, 4.69) is 10.0 Å². The zero-order valence-corrected chi connectivity index (χ0v) is 19.4. The number of methoxy groups -OCH3 is 1. The third-order valence-corrected chi connectivity index (χ3v) is 6.57. The van der Waals surface area contributed by atoms with Crippen molar-refractivity contribution >= 4 is 17.7 Å². The molecule has 11 heteroatoms. The van der Waals surface area contributed by atoms with E-state index in [1.54, 1.807) is 0 Å². The summed E-state index contributed by atoms with van der Waals surface area (Å²) in [5.41, 5.74) is 9.52. The summed E-state index contributed by atoms with van der Waals surface area (Å²) in [6, 6.07) is 18.2. The minimum atomic E-state index is -0.997. The molecule has 4 rings (SSSR count). The van der Waals surface area contributed by atoms with Crippen molar-refractivity contribution in [1.29, 1.82) is 0 Å². The van der Waals surface area contributed by atoms with Crippen LogP contribution in [0.15, 0.2) is 70.7 Å². The Bertz CT molecular complexity index is 993. The topological polar surface area (TPSA) is 121 Å². The molecule has 2 fully saturated rings. The van der Waals surface area contributed by atoms with Crippen molar-refractivity contribution in [1.82, 2.24) is 0 Å². The van der Waals surface area contributed by atoms with Crippen LogP contribution in [0.5, 0.6) is 0 Å². The van der Waals surface area contributed by atoms with Gasteiger partial charge in [-0.05, 0) is 24.6 Å². The summed E-state index contributed by atoms with van der Waals surface area (Å²) < 4.78 is 23.1. The fraction of sp³-hybridized carbons (Fsp3) is 0.435. The number of hydrogen-bond acceptors (Lipinski definition) is 9. The monoisotopic (exact) mass is 487 g/mol. The zero-order valence-electron chi connectivity index (χ0n) is 18.6. The maximum absolute atomic E-state index is 11.8. The number of fused-ring (bicyclic) bond motifs is 1. The second-order valence-corrected chi connectivity index (χ2v) is 8.84. The number of hydrogen-bond donors (Lipinski definition) is 0. The minimum absolute atomic E-state index is 0.228. The van der Waals surface area contributed by atoms with Crippen LogP contribution < -0.4 is 0 Å². The Labute approximate surface area is 201 Å². The van der Waals surface area contributed by atoms with Gasteiger partial charge in [-0.15, -0.1) is 0 Å². The van der Waals surface area contributed by atoms with Gasteiger partial charge < -0.3 is 18.9 Å². The van der Waals surface area contributed by atoms with Crippen molar-refractivity contribution in [2.75, 3.05) is 13.7 Å². The molecular weight excluding hydrogens is 462 g/mol. The van der Waals surface area contributed by atoms with Gasteiger partial charge in [-0.1, -0.05) is 65.4 Å².